The van der Waals surface area contributed by atoms with Gasteiger partial charge < -0.3 is 4.52 Å². The van der Waals surface area contributed by atoms with Crippen LogP contribution in [-0.4, -0.2) is 21.4 Å². The van der Waals surface area contributed by atoms with E-state index in [1.807, 2.05) is 9.47 Å². The number of rotatable bonds is 0. The summed E-state index contributed by atoms with van der Waals surface area (Å²) in [5.74, 6) is -0.282. The summed E-state index contributed by atoms with van der Waals surface area (Å²) < 4.78 is 7.11. The van der Waals surface area contributed by atoms with Gasteiger partial charge in [-0.05, 0) is 0 Å². The normalized spacial score (nSPS) is 5.22. The molecular weight excluding hydrogens is 156 g/mol. The van der Waals surface area contributed by atoms with E-state index >= 15 is 0 Å². The smallest absolute Gasteiger partial charge is 0.304 e. The Hall–Kier alpha value is -0.0151. The molecule has 3 nitrogen and oxygen atoms in total. The summed E-state index contributed by atoms with van der Waals surface area (Å²) in [5.41, 5.74) is 0. The van der Waals surface area contributed by atoms with Crippen LogP contribution in [0.25, 0.3) is 0 Å². The summed E-state index contributed by atoms with van der Waals surface area (Å²) in [7, 11) is 3.41. The molecule has 6 heteroatoms. The lowest BCUT2D eigenvalue weighted by Crippen LogP contribution is -1.82. The third-order valence-corrected chi connectivity index (χ3v) is 0.498. The Labute approximate surface area is 64.6 Å². The molecule has 0 aromatic heterocycles. The van der Waals surface area contributed by atoms with Crippen LogP contribution in [-0.2, 0) is 21.7 Å². The topological polar surface area (TPSA) is 38.7 Å². The minimum atomic E-state index is -0.282. The molecule has 0 aromatic carbocycles. The maximum absolute atomic E-state index is 9.57. The van der Waals surface area contributed by atoms with E-state index in [0.29, 0.717) is 0 Å². The van der Waals surface area contributed by atoms with E-state index in [4.69, 9.17) is 0 Å². The van der Waals surface area contributed by atoms with Crippen LogP contribution in [0.15, 0.2) is 4.36 Å². The van der Waals surface area contributed by atoms with Gasteiger partial charge in [-0.15, -0.1) is 0 Å². The molecule has 1 unspecified atom stereocenters. The first kappa shape index (κ1) is 16.0. The summed E-state index contributed by atoms with van der Waals surface area (Å²) >= 11 is 4.02. The Bertz CT molecular complexity index is 82.2. The number of hydrogen-bond acceptors (Lipinski definition) is 4. The molecule has 0 rings (SSSR count). The molecule has 0 aliphatic heterocycles. The van der Waals surface area contributed by atoms with Crippen LogP contribution in [0, 0.1) is 0 Å². The van der Waals surface area contributed by atoms with Crippen molar-refractivity contribution in [3.63, 3.8) is 0 Å². The quantitative estimate of drug-likeness (QED) is 0.381. The summed E-state index contributed by atoms with van der Waals surface area (Å²) in [5, 5.41) is 0. The highest BCUT2D eigenvalue weighted by molar-refractivity contribution is 7.47. The van der Waals surface area contributed by atoms with Crippen molar-refractivity contribution in [3.8, 4) is 0 Å². The van der Waals surface area contributed by atoms with Crippen LogP contribution in [0.3, 0.4) is 0 Å². The Balaban J connectivity index is -0.0000000800. The van der Waals surface area contributed by atoms with Gasteiger partial charge in [0.15, 0.2) is 0 Å². The molecule has 51 valence electrons. The largest absolute Gasteiger partial charge is 0.452 e. The molecule has 0 aliphatic rings. The average molecular weight is 164 g/mol. The first-order chi connectivity index (χ1) is 3.68. The Kier molecular flexibility index (Phi) is 27.9. The fourth-order valence-electron chi connectivity index (χ4n) is 0. The predicted octanol–water partition coefficient (Wildman–Crippen LogP) is 0.305. The lowest BCUT2D eigenvalue weighted by molar-refractivity contribution is -0.130. The van der Waals surface area contributed by atoms with Gasteiger partial charge in [0.1, 0.15) is 0 Å². The van der Waals surface area contributed by atoms with Gasteiger partial charge in [-0.1, -0.05) is 0 Å². The van der Waals surface area contributed by atoms with Crippen molar-refractivity contribution in [2.45, 2.75) is 6.92 Å². The lowest BCUT2D eigenvalue weighted by atomic mass is 10.8. The first-order valence-corrected chi connectivity index (χ1v) is 2.61. The van der Waals surface area contributed by atoms with E-state index < -0.39 is 0 Å². The fourth-order valence-corrected chi connectivity index (χ4v) is 0. The molecule has 0 heterocycles. The minimum absolute atomic E-state index is 0. The van der Waals surface area contributed by atoms with Crippen LogP contribution in [0.1, 0.15) is 6.92 Å². The molecule has 0 spiro atoms. The molecule has 0 bridgehead atoms. The van der Waals surface area contributed by atoms with Crippen molar-refractivity contribution in [2.75, 3.05) is 7.05 Å². The zero-order chi connectivity index (χ0) is 6.99. The van der Waals surface area contributed by atoms with Gasteiger partial charge >= 0.3 is 5.97 Å². The highest BCUT2D eigenvalue weighted by atomic mass is 32.1. The monoisotopic (exact) mass is 164 g/mol. The van der Waals surface area contributed by atoms with Gasteiger partial charge in [0.05, 0.1) is 9.47 Å². The van der Waals surface area contributed by atoms with Crippen LogP contribution >= 0.6 is 9.47 Å². The second-order valence-corrected chi connectivity index (χ2v) is 1.39. The van der Waals surface area contributed by atoms with Gasteiger partial charge in [0.25, 0.3) is 0 Å². The van der Waals surface area contributed by atoms with E-state index in [2.05, 4.69) is 21.3 Å². The van der Waals surface area contributed by atoms with Crippen LogP contribution in [0.5, 0.6) is 0 Å². The molecule has 1 atom stereocenters. The number of carbonyl (C=O) groups is 1. The highest BCUT2D eigenvalue weighted by Gasteiger charge is 1.76. The summed E-state index contributed by atoms with van der Waals surface area (Å²) in [6, 6.07) is 0. The first-order valence-electron chi connectivity index (χ1n) is 1.77. The van der Waals surface area contributed by atoms with E-state index in [0.717, 1.165) is 0 Å². The second kappa shape index (κ2) is 15.7. The molecule has 0 aromatic rings. The van der Waals surface area contributed by atoms with Crippen LogP contribution in [0.4, 0.5) is 0 Å². The minimum Gasteiger partial charge on any atom is -0.452 e. The third kappa shape index (κ3) is 72.6. The molecule has 0 fully saturated rings. The zero-order valence-electron chi connectivity index (χ0n) is 5.33. The Morgan fingerprint density at radius 2 is 1.89 bits per heavy atom. The summed E-state index contributed by atoms with van der Waals surface area (Å²) in [6.45, 7) is 1.34. The van der Waals surface area contributed by atoms with Crippen molar-refractivity contribution in [1.82, 2.24) is 0 Å². The van der Waals surface area contributed by atoms with Crippen LogP contribution < -0.4 is 0 Å². The van der Waals surface area contributed by atoms with Gasteiger partial charge in [0.2, 0.25) is 0 Å². The molecule has 0 saturated heterocycles. The predicted molar refractivity (Wildman–Crippen MR) is 42.9 cm³/mol. The van der Waals surface area contributed by atoms with Gasteiger partial charge in [0, 0.05) is 34.8 Å². The lowest BCUT2D eigenvalue weighted by Gasteiger charge is -1.80. The second-order valence-electron chi connectivity index (χ2n) is 0.792. The van der Waals surface area contributed by atoms with E-state index in [1.54, 1.807) is 7.05 Å². The number of nitrogens with zero attached hydrogens (tertiary/aromatic N) is 1. The number of carbonyl (C=O) groups excluding carboxylic acids is 1. The molecule has 0 amide bonds. The Morgan fingerprint density at radius 1 is 1.78 bits per heavy atom. The van der Waals surface area contributed by atoms with Crippen molar-refractivity contribution in [3.05, 3.63) is 0 Å². The van der Waals surface area contributed by atoms with Gasteiger partial charge in [-0.3, -0.25) is 4.79 Å². The molecule has 3 radical (unpaired) electrons. The molecular formula is C3H8BNO2PS. The molecule has 0 N–H and O–H groups in total. The molecule has 0 saturated carbocycles. The van der Waals surface area contributed by atoms with E-state index in [9.17, 15) is 4.79 Å². The third-order valence-electron chi connectivity index (χ3n) is 0.166. The van der Waals surface area contributed by atoms with Crippen molar-refractivity contribution < 1.29 is 9.32 Å². The zero-order valence-corrected chi connectivity index (χ0v) is 7.30. The summed E-state index contributed by atoms with van der Waals surface area (Å²) in [4.78, 5) is 9.57. The molecule has 9 heavy (non-hydrogen) atoms. The SMILES string of the molecule is CC(=O)OP.CN=S.[B]. The Morgan fingerprint density at radius 3 is 1.89 bits per heavy atom. The van der Waals surface area contributed by atoms with E-state index in [-0.39, 0.29) is 14.4 Å². The van der Waals surface area contributed by atoms with Crippen LogP contribution in [0.2, 0.25) is 0 Å². The van der Waals surface area contributed by atoms with Gasteiger partial charge in [-0.2, -0.15) is 0 Å². The average Bonchev–Trinajstić information content (AvgIpc) is 1.69. The van der Waals surface area contributed by atoms with Crippen molar-refractivity contribution >= 4 is 36.3 Å². The fraction of sp³-hybridized carbons (Fsp3) is 0.667. The molecule has 0 aliphatic carbocycles. The maximum Gasteiger partial charge on any atom is 0.304 e. The van der Waals surface area contributed by atoms with Crippen molar-refractivity contribution in [1.29, 1.82) is 0 Å². The summed E-state index contributed by atoms with van der Waals surface area (Å²) in [6.07, 6.45) is 0. The highest BCUT2D eigenvalue weighted by Crippen LogP contribution is 1.81. The maximum atomic E-state index is 9.57. The van der Waals surface area contributed by atoms with Crippen molar-refractivity contribution in [2.24, 2.45) is 4.36 Å². The number of hydrogen-bond donors (Lipinski definition) is 0. The van der Waals surface area contributed by atoms with E-state index in [1.165, 1.54) is 6.92 Å². The standard InChI is InChI=1S/C2H5O2P.CH3NS.B/c1-2(3)4-5;1-2-3;/h5H2,1H3;1H3;. The van der Waals surface area contributed by atoms with Gasteiger partial charge in [-0.25, -0.2) is 4.36 Å².